The van der Waals surface area contributed by atoms with Crippen LogP contribution in [0.4, 0.5) is 0 Å². The van der Waals surface area contributed by atoms with Crippen molar-refractivity contribution < 1.29 is 4.79 Å². The van der Waals surface area contributed by atoms with E-state index >= 15 is 0 Å². The quantitative estimate of drug-likeness (QED) is 0.819. The minimum Gasteiger partial charge on any atom is -0.352 e. The summed E-state index contributed by atoms with van der Waals surface area (Å²) in [7, 11) is 0. The molecule has 0 heterocycles. The molecule has 0 fully saturated rings. The first kappa shape index (κ1) is 12.0. The Hall–Kier alpha value is -1.06. The molecule has 82 valence electrons. The van der Waals surface area contributed by atoms with Crippen molar-refractivity contribution in [1.29, 1.82) is 0 Å². The van der Waals surface area contributed by atoms with Gasteiger partial charge in [-0.1, -0.05) is 36.7 Å². The number of rotatable bonds is 4. The summed E-state index contributed by atoms with van der Waals surface area (Å²) < 4.78 is 0. The van der Waals surface area contributed by atoms with Crippen molar-refractivity contribution in [3.8, 4) is 0 Å². The van der Waals surface area contributed by atoms with Crippen LogP contribution in [0.15, 0.2) is 24.3 Å². The summed E-state index contributed by atoms with van der Waals surface area (Å²) in [6, 6.07) is 7.43. The maximum absolute atomic E-state index is 11.4. The zero-order valence-corrected chi connectivity index (χ0v) is 9.42. The molecule has 0 aromatic heterocycles. The van der Waals surface area contributed by atoms with Gasteiger partial charge in [0.05, 0.1) is 0 Å². The molecule has 1 atom stereocenters. The molecule has 0 saturated heterocycles. The zero-order valence-electron chi connectivity index (χ0n) is 8.66. The van der Waals surface area contributed by atoms with Crippen molar-refractivity contribution in [2.45, 2.75) is 13.5 Å². The van der Waals surface area contributed by atoms with Crippen molar-refractivity contribution in [3.05, 3.63) is 34.9 Å². The average Bonchev–Trinajstić information content (AvgIpc) is 2.26. The fraction of sp³-hybridized carbons (Fsp3) is 0.364. The van der Waals surface area contributed by atoms with Crippen LogP contribution in [0, 0.1) is 5.92 Å². The van der Waals surface area contributed by atoms with Crippen LogP contribution in [0.5, 0.6) is 0 Å². The van der Waals surface area contributed by atoms with Crippen LogP contribution in [0.3, 0.4) is 0 Å². The van der Waals surface area contributed by atoms with Crippen molar-refractivity contribution in [2.75, 3.05) is 6.54 Å². The average molecular weight is 227 g/mol. The molecule has 0 radical (unpaired) electrons. The topological polar surface area (TPSA) is 55.1 Å². The van der Waals surface area contributed by atoms with Gasteiger partial charge in [0.25, 0.3) is 0 Å². The van der Waals surface area contributed by atoms with Gasteiger partial charge in [-0.15, -0.1) is 0 Å². The number of hydrogen-bond acceptors (Lipinski definition) is 2. The number of carbonyl (C=O) groups excluding carboxylic acids is 1. The second-order valence-electron chi connectivity index (χ2n) is 3.45. The molecule has 0 aliphatic heterocycles. The molecule has 4 heteroatoms. The Balaban J connectivity index is 2.51. The third-order valence-corrected chi connectivity index (χ3v) is 2.58. The van der Waals surface area contributed by atoms with Gasteiger partial charge >= 0.3 is 0 Å². The van der Waals surface area contributed by atoms with E-state index < -0.39 is 0 Å². The van der Waals surface area contributed by atoms with Gasteiger partial charge in [0.1, 0.15) is 0 Å². The minimum absolute atomic E-state index is 0.0441. The molecule has 1 amide bonds. The highest BCUT2D eigenvalue weighted by molar-refractivity contribution is 6.31. The van der Waals surface area contributed by atoms with E-state index in [1.807, 2.05) is 18.2 Å². The van der Waals surface area contributed by atoms with E-state index in [-0.39, 0.29) is 11.8 Å². The van der Waals surface area contributed by atoms with E-state index in [4.69, 9.17) is 17.3 Å². The molecule has 0 aliphatic carbocycles. The van der Waals surface area contributed by atoms with Gasteiger partial charge in [-0.2, -0.15) is 0 Å². The Morgan fingerprint density at radius 2 is 2.20 bits per heavy atom. The molecule has 0 saturated carbocycles. The van der Waals surface area contributed by atoms with Crippen LogP contribution < -0.4 is 11.1 Å². The van der Waals surface area contributed by atoms with Gasteiger partial charge in [0, 0.05) is 24.0 Å². The lowest BCUT2D eigenvalue weighted by molar-refractivity contribution is -0.124. The summed E-state index contributed by atoms with van der Waals surface area (Å²) in [4.78, 5) is 11.4. The SMILES string of the molecule is CC(CN)C(=O)NCc1ccccc1Cl. The molecule has 0 spiro atoms. The van der Waals surface area contributed by atoms with Crippen LogP contribution in [0.1, 0.15) is 12.5 Å². The summed E-state index contributed by atoms with van der Waals surface area (Å²) in [6.45, 7) is 2.60. The van der Waals surface area contributed by atoms with Crippen LogP contribution in [-0.2, 0) is 11.3 Å². The van der Waals surface area contributed by atoms with Crippen molar-refractivity contribution in [2.24, 2.45) is 11.7 Å². The monoisotopic (exact) mass is 226 g/mol. The third kappa shape index (κ3) is 3.53. The van der Waals surface area contributed by atoms with E-state index in [0.29, 0.717) is 18.1 Å². The minimum atomic E-state index is -0.160. The fourth-order valence-corrected chi connectivity index (χ4v) is 1.31. The Kier molecular flexibility index (Phi) is 4.59. The number of carbonyl (C=O) groups is 1. The number of nitrogens with two attached hydrogens (primary N) is 1. The molecule has 1 rings (SSSR count). The molecule has 1 unspecified atom stereocenters. The molecule has 1 aromatic rings. The summed E-state index contributed by atoms with van der Waals surface area (Å²) in [5.74, 6) is -0.204. The highest BCUT2D eigenvalue weighted by Crippen LogP contribution is 2.14. The van der Waals surface area contributed by atoms with Gasteiger partial charge in [-0.25, -0.2) is 0 Å². The highest BCUT2D eigenvalue weighted by Gasteiger charge is 2.10. The van der Waals surface area contributed by atoms with Crippen LogP contribution in [0.2, 0.25) is 5.02 Å². The maximum atomic E-state index is 11.4. The van der Waals surface area contributed by atoms with Crippen LogP contribution >= 0.6 is 11.6 Å². The molecule has 15 heavy (non-hydrogen) atoms. The van der Waals surface area contributed by atoms with E-state index in [0.717, 1.165) is 5.56 Å². The molecule has 3 N–H and O–H groups in total. The molecule has 0 aliphatic rings. The summed E-state index contributed by atoms with van der Waals surface area (Å²) in [5, 5.41) is 3.45. The van der Waals surface area contributed by atoms with Gasteiger partial charge in [0.15, 0.2) is 0 Å². The molecule has 1 aromatic carbocycles. The third-order valence-electron chi connectivity index (χ3n) is 2.21. The maximum Gasteiger partial charge on any atom is 0.224 e. The Labute approximate surface area is 94.6 Å². The lowest BCUT2D eigenvalue weighted by Gasteiger charge is -2.10. The van der Waals surface area contributed by atoms with E-state index in [9.17, 15) is 4.79 Å². The molecule has 3 nitrogen and oxygen atoms in total. The predicted molar refractivity (Wildman–Crippen MR) is 61.5 cm³/mol. The van der Waals surface area contributed by atoms with Gasteiger partial charge in [0.2, 0.25) is 5.91 Å². The Bertz CT molecular complexity index is 341. The van der Waals surface area contributed by atoms with Crippen molar-refractivity contribution >= 4 is 17.5 Å². The lowest BCUT2D eigenvalue weighted by Crippen LogP contribution is -2.32. The summed E-state index contributed by atoms with van der Waals surface area (Å²) >= 11 is 5.95. The normalized spacial score (nSPS) is 12.2. The van der Waals surface area contributed by atoms with Gasteiger partial charge < -0.3 is 11.1 Å². The number of amides is 1. The van der Waals surface area contributed by atoms with Crippen LogP contribution in [0.25, 0.3) is 0 Å². The van der Waals surface area contributed by atoms with Gasteiger partial charge in [-0.05, 0) is 11.6 Å². The van der Waals surface area contributed by atoms with Crippen LogP contribution in [-0.4, -0.2) is 12.5 Å². The first-order chi connectivity index (χ1) is 7.15. The fourth-order valence-electron chi connectivity index (χ4n) is 1.11. The largest absolute Gasteiger partial charge is 0.352 e. The predicted octanol–water partition coefficient (Wildman–Crippen LogP) is 1.55. The van der Waals surface area contributed by atoms with E-state index in [1.54, 1.807) is 13.0 Å². The number of benzene rings is 1. The second kappa shape index (κ2) is 5.73. The smallest absolute Gasteiger partial charge is 0.224 e. The first-order valence-electron chi connectivity index (χ1n) is 4.86. The van der Waals surface area contributed by atoms with Crippen molar-refractivity contribution in [1.82, 2.24) is 5.32 Å². The Morgan fingerprint density at radius 1 is 1.53 bits per heavy atom. The van der Waals surface area contributed by atoms with E-state index in [2.05, 4.69) is 5.32 Å². The Morgan fingerprint density at radius 3 is 2.80 bits per heavy atom. The summed E-state index contributed by atoms with van der Waals surface area (Å²) in [5.41, 5.74) is 6.30. The molecule has 0 bridgehead atoms. The van der Waals surface area contributed by atoms with Crippen molar-refractivity contribution in [3.63, 3.8) is 0 Å². The van der Waals surface area contributed by atoms with Gasteiger partial charge in [-0.3, -0.25) is 4.79 Å². The summed E-state index contributed by atoms with van der Waals surface area (Å²) in [6.07, 6.45) is 0. The zero-order chi connectivity index (χ0) is 11.3. The standard InChI is InChI=1S/C11H15ClN2O/c1-8(6-13)11(15)14-7-9-4-2-3-5-10(9)12/h2-5,8H,6-7,13H2,1H3,(H,14,15). The number of halogens is 1. The second-order valence-corrected chi connectivity index (χ2v) is 3.85. The highest BCUT2D eigenvalue weighted by atomic mass is 35.5. The lowest BCUT2D eigenvalue weighted by atomic mass is 10.1. The number of nitrogens with one attached hydrogen (secondary N) is 1. The first-order valence-corrected chi connectivity index (χ1v) is 5.24. The van der Waals surface area contributed by atoms with E-state index in [1.165, 1.54) is 0 Å². The molecular weight excluding hydrogens is 212 g/mol. The molecular formula is C11H15ClN2O. The number of hydrogen-bond donors (Lipinski definition) is 2.